The zero-order valence-electron chi connectivity index (χ0n) is 37.3. The second-order valence-electron chi connectivity index (χ2n) is 16.3. The standard InChI is InChI=1S/C48H55ClN8O9/c1-26-43(61)55-39(45(63)53-27(2)47(65)56(4)28(3)42(51)60)23-29-9-20-40(59)37(22-29)36-24-33(14-15-34(36)25-58)41(46(64)52-26)57(5)48(66)38(8-6-7-21-50)54-44(62)32-12-10-30(11-13-32)31-16-18-35(49)19-17-31/h9-20,22,24-28,38-39,41,59H,6-8,21,23,50H2,1-5H3,(H2,51,60)(H,52,64)(H,53,63)(H,54,62)(H,55,61)/t26-,27-,28+,38-,39-,41-/m0/s1. The molecule has 0 aliphatic carbocycles. The number of amides is 7. The molecule has 0 saturated heterocycles. The summed E-state index contributed by atoms with van der Waals surface area (Å²) in [6, 6.07) is 15.4. The van der Waals surface area contributed by atoms with E-state index < -0.39 is 77.6 Å². The number of phenolic OH excluding ortho intramolecular Hbond substituents is 1. The predicted molar refractivity (Wildman–Crippen MR) is 248 cm³/mol. The minimum atomic E-state index is -1.47. The third-order valence-corrected chi connectivity index (χ3v) is 11.9. The zero-order chi connectivity index (χ0) is 48.4. The number of likely N-dealkylation sites (N-methyl/N-ethyl adjacent to an activating group) is 2. The summed E-state index contributed by atoms with van der Waals surface area (Å²) in [6.07, 6.45) is 1.54. The fourth-order valence-corrected chi connectivity index (χ4v) is 7.67. The van der Waals surface area contributed by atoms with Gasteiger partial charge in [0.2, 0.25) is 35.4 Å². The molecule has 0 spiro atoms. The predicted octanol–water partition coefficient (Wildman–Crippen LogP) is 3.00. The maximum absolute atomic E-state index is 14.6. The lowest BCUT2D eigenvalue weighted by molar-refractivity contribution is -0.142. The number of nitrogens with zero attached hydrogens (tertiary/aromatic N) is 2. The van der Waals surface area contributed by atoms with Crippen molar-refractivity contribution in [3.05, 3.63) is 112 Å². The Balaban J connectivity index is 1.50. The Hall–Kier alpha value is -7.11. The molecule has 0 aromatic heterocycles. The van der Waals surface area contributed by atoms with Crippen molar-refractivity contribution in [1.29, 1.82) is 0 Å². The number of rotatable bonds is 15. The number of aromatic hydroxyl groups is 1. The van der Waals surface area contributed by atoms with Crippen molar-refractivity contribution in [2.24, 2.45) is 11.5 Å². The number of carbonyl (C=O) groups excluding carboxylic acids is 8. The van der Waals surface area contributed by atoms with E-state index in [2.05, 4.69) is 21.3 Å². The summed E-state index contributed by atoms with van der Waals surface area (Å²) in [6.45, 7) is 4.54. The molecule has 1 aliphatic heterocycles. The summed E-state index contributed by atoms with van der Waals surface area (Å²) in [5.74, 6) is -5.26. The van der Waals surface area contributed by atoms with Crippen LogP contribution in [0.1, 0.15) is 77.9 Å². The molecule has 4 aromatic rings. The molecule has 7 amide bonds. The van der Waals surface area contributed by atoms with Gasteiger partial charge < -0.3 is 47.6 Å². The third-order valence-electron chi connectivity index (χ3n) is 11.6. The quantitative estimate of drug-likeness (QED) is 0.0677. The van der Waals surface area contributed by atoms with Crippen molar-refractivity contribution >= 4 is 59.2 Å². The molecule has 0 saturated carbocycles. The fourth-order valence-electron chi connectivity index (χ4n) is 7.54. The summed E-state index contributed by atoms with van der Waals surface area (Å²) in [5.41, 5.74) is 14.2. The van der Waals surface area contributed by atoms with Crippen LogP contribution in [0.15, 0.2) is 84.9 Å². The van der Waals surface area contributed by atoms with Gasteiger partial charge >= 0.3 is 0 Å². The monoisotopic (exact) mass is 922 g/mol. The van der Waals surface area contributed by atoms with Crippen molar-refractivity contribution in [3.8, 4) is 28.0 Å². The number of primary amides is 1. The van der Waals surface area contributed by atoms with Gasteiger partial charge in [0.05, 0.1) is 0 Å². The lowest BCUT2D eigenvalue weighted by Gasteiger charge is -2.32. The molecule has 9 N–H and O–H groups in total. The van der Waals surface area contributed by atoms with Gasteiger partial charge in [-0.05, 0) is 117 Å². The van der Waals surface area contributed by atoms with E-state index in [1.165, 1.54) is 71.3 Å². The molecule has 0 radical (unpaired) electrons. The highest BCUT2D eigenvalue weighted by Crippen LogP contribution is 2.36. The Kier molecular flexibility index (Phi) is 16.8. The maximum atomic E-state index is 14.6. The lowest BCUT2D eigenvalue weighted by Crippen LogP contribution is -2.58. The number of aldehydes is 1. The van der Waals surface area contributed by atoms with E-state index in [-0.39, 0.29) is 46.4 Å². The number of hydrogen-bond acceptors (Lipinski definition) is 10. The highest BCUT2D eigenvalue weighted by Gasteiger charge is 2.36. The first-order valence-corrected chi connectivity index (χ1v) is 21.7. The van der Waals surface area contributed by atoms with Gasteiger partial charge in [-0.15, -0.1) is 0 Å². The summed E-state index contributed by atoms with van der Waals surface area (Å²) < 4.78 is 0. The van der Waals surface area contributed by atoms with Crippen molar-refractivity contribution < 1.29 is 43.5 Å². The van der Waals surface area contributed by atoms with E-state index in [9.17, 15) is 43.5 Å². The van der Waals surface area contributed by atoms with Gasteiger partial charge in [0.15, 0.2) is 6.29 Å². The molecule has 18 heteroatoms. The van der Waals surface area contributed by atoms with Crippen LogP contribution in [0.5, 0.6) is 5.75 Å². The first kappa shape index (κ1) is 49.9. The van der Waals surface area contributed by atoms with Gasteiger partial charge in [-0.1, -0.05) is 54.1 Å². The van der Waals surface area contributed by atoms with Gasteiger partial charge in [0.25, 0.3) is 5.91 Å². The molecule has 4 bridgehead atoms. The molecule has 5 rings (SSSR count). The number of hydrogen-bond donors (Lipinski definition) is 7. The average Bonchev–Trinajstić information content (AvgIpc) is 3.30. The van der Waals surface area contributed by atoms with Crippen molar-refractivity contribution in [1.82, 2.24) is 31.1 Å². The molecule has 66 heavy (non-hydrogen) atoms. The number of nitrogens with two attached hydrogens (primary N) is 2. The van der Waals surface area contributed by atoms with Gasteiger partial charge in [0, 0.05) is 42.2 Å². The second kappa shape index (κ2) is 22.2. The summed E-state index contributed by atoms with van der Waals surface area (Å²) in [4.78, 5) is 110. The molecule has 6 atom stereocenters. The van der Waals surface area contributed by atoms with E-state index in [1.807, 2.05) is 12.1 Å². The van der Waals surface area contributed by atoms with Crippen LogP contribution in [-0.2, 0) is 35.2 Å². The molecule has 1 heterocycles. The minimum Gasteiger partial charge on any atom is -0.507 e. The van der Waals surface area contributed by atoms with Crippen LogP contribution in [-0.4, -0.2) is 113 Å². The smallest absolute Gasteiger partial charge is 0.251 e. The van der Waals surface area contributed by atoms with E-state index in [1.54, 1.807) is 36.4 Å². The third kappa shape index (κ3) is 12.0. The largest absolute Gasteiger partial charge is 0.507 e. The van der Waals surface area contributed by atoms with E-state index >= 15 is 0 Å². The first-order chi connectivity index (χ1) is 31.3. The van der Waals surface area contributed by atoms with Crippen molar-refractivity contribution in [2.45, 2.75) is 82.7 Å². The molecule has 1 aliphatic rings. The van der Waals surface area contributed by atoms with Crippen molar-refractivity contribution in [3.63, 3.8) is 0 Å². The Morgan fingerprint density at radius 1 is 0.848 bits per heavy atom. The van der Waals surface area contributed by atoms with Crippen LogP contribution in [0.25, 0.3) is 22.3 Å². The normalized spacial score (nSPS) is 17.3. The molecule has 4 aromatic carbocycles. The number of benzene rings is 4. The van der Waals surface area contributed by atoms with Crippen LogP contribution < -0.4 is 32.7 Å². The average molecular weight is 923 g/mol. The van der Waals surface area contributed by atoms with Gasteiger partial charge in [-0.3, -0.25) is 38.4 Å². The number of nitrogens with one attached hydrogen (secondary N) is 4. The number of carbonyl (C=O) groups is 8. The molecule has 0 unspecified atom stereocenters. The maximum Gasteiger partial charge on any atom is 0.251 e. The molecule has 348 valence electrons. The molecule has 0 fully saturated rings. The summed E-state index contributed by atoms with van der Waals surface area (Å²) in [5, 5.41) is 22.5. The van der Waals surface area contributed by atoms with Crippen LogP contribution in [0.4, 0.5) is 0 Å². The number of fused-ring (bicyclic) bond motifs is 5. The number of phenols is 1. The number of unbranched alkanes of at least 4 members (excludes halogenated alkanes) is 1. The summed E-state index contributed by atoms with van der Waals surface area (Å²) in [7, 11) is 2.73. The first-order valence-electron chi connectivity index (χ1n) is 21.4. The van der Waals surface area contributed by atoms with E-state index in [4.69, 9.17) is 23.1 Å². The molecular formula is C48H55ClN8O9. The van der Waals surface area contributed by atoms with Crippen LogP contribution in [0.2, 0.25) is 5.02 Å². The highest BCUT2D eigenvalue weighted by molar-refractivity contribution is 6.30. The van der Waals surface area contributed by atoms with E-state index in [0.29, 0.717) is 36.3 Å². The fraction of sp³-hybridized carbons (Fsp3) is 0.333. The minimum absolute atomic E-state index is 0.123. The lowest BCUT2D eigenvalue weighted by atomic mass is 9.91. The Labute approximate surface area is 387 Å². The highest BCUT2D eigenvalue weighted by atomic mass is 35.5. The van der Waals surface area contributed by atoms with Crippen LogP contribution >= 0.6 is 11.6 Å². The Bertz CT molecular complexity index is 2480. The summed E-state index contributed by atoms with van der Waals surface area (Å²) >= 11 is 6.05. The van der Waals surface area contributed by atoms with Gasteiger partial charge in [-0.2, -0.15) is 0 Å². The van der Waals surface area contributed by atoms with Crippen molar-refractivity contribution in [2.75, 3.05) is 20.6 Å². The van der Waals surface area contributed by atoms with Gasteiger partial charge in [-0.25, -0.2) is 0 Å². The molecular weight excluding hydrogens is 868 g/mol. The zero-order valence-corrected chi connectivity index (χ0v) is 38.1. The van der Waals surface area contributed by atoms with E-state index in [0.717, 1.165) is 20.9 Å². The topological polar surface area (TPSA) is 263 Å². The SMILES string of the molecule is C[C@@H]1NC(=O)[C@@H](N(C)C(=O)[C@H](CCCCN)NC(=O)c2ccc(-c3ccc(Cl)cc3)cc2)c2ccc(C=O)c(c2)-c2cc(ccc2O)C[C@@H](C(=O)N[C@@H](C)C(=O)N(C)[C@H](C)C(N)=O)NC1=O. The Morgan fingerprint density at radius 2 is 1.50 bits per heavy atom. The van der Waals surface area contributed by atoms with Crippen LogP contribution in [0, 0.1) is 0 Å². The van der Waals surface area contributed by atoms with Gasteiger partial charge in [0.1, 0.15) is 42.0 Å². The Morgan fingerprint density at radius 3 is 2.12 bits per heavy atom. The number of halogens is 1. The molecule has 17 nitrogen and oxygen atoms in total. The van der Waals surface area contributed by atoms with Crippen LogP contribution in [0.3, 0.4) is 0 Å². The second-order valence-corrected chi connectivity index (χ2v) is 16.8.